The van der Waals surface area contributed by atoms with Crippen molar-refractivity contribution in [2.75, 3.05) is 0 Å². The first-order chi connectivity index (χ1) is 6.36. The molecule has 1 heteroatoms. The number of hydrogen-bond donors (Lipinski definition) is 0. The second-order valence-corrected chi connectivity index (χ2v) is 3.83. The molecule has 0 saturated heterocycles. The second kappa shape index (κ2) is 8.65. The molecule has 1 aliphatic carbocycles. The first kappa shape index (κ1) is 14.4. The van der Waals surface area contributed by atoms with Crippen LogP contribution >= 0.6 is 0 Å². The maximum atomic E-state index is 2.38. The molecule has 1 aliphatic rings. The molecule has 0 bridgehead atoms. The molecular weight excluding hydrogens is 247 g/mol. The van der Waals surface area contributed by atoms with E-state index in [4.69, 9.17) is 0 Å². The molecule has 0 fully saturated rings. The van der Waals surface area contributed by atoms with Crippen molar-refractivity contribution >= 4 is 0 Å². The van der Waals surface area contributed by atoms with Crippen molar-refractivity contribution in [1.29, 1.82) is 0 Å². The van der Waals surface area contributed by atoms with Crippen LogP contribution in [0, 0.1) is 5.92 Å². The van der Waals surface area contributed by atoms with Gasteiger partial charge in [-0.25, -0.2) is 0 Å². The quantitative estimate of drug-likeness (QED) is 0.668. The van der Waals surface area contributed by atoms with Gasteiger partial charge in [0.15, 0.2) is 0 Å². The largest absolute Gasteiger partial charge is 0.0731 e. The fourth-order valence-electron chi connectivity index (χ4n) is 1.62. The van der Waals surface area contributed by atoms with Gasteiger partial charge in [0.05, 0.1) is 0 Å². The molecule has 0 N–H and O–H groups in total. The molecule has 0 unspecified atom stereocenters. The minimum Gasteiger partial charge on any atom is -0.0731 e. The van der Waals surface area contributed by atoms with E-state index in [9.17, 15) is 0 Å². The Labute approximate surface area is 108 Å². The van der Waals surface area contributed by atoms with Gasteiger partial charge >= 0.3 is 0 Å². The fourth-order valence-corrected chi connectivity index (χ4v) is 1.62. The van der Waals surface area contributed by atoms with Crippen LogP contribution in [0.4, 0.5) is 0 Å². The monoisotopic (exact) mass is 267 g/mol. The predicted octanol–water partition coefficient (Wildman–Crippen LogP) is 4.43. The van der Waals surface area contributed by atoms with Crippen LogP contribution < -0.4 is 0 Å². The molecule has 0 spiro atoms. The third-order valence-corrected chi connectivity index (χ3v) is 2.52. The van der Waals surface area contributed by atoms with Gasteiger partial charge in [0.1, 0.15) is 0 Å². The van der Waals surface area contributed by atoms with Crippen LogP contribution in [0.5, 0.6) is 0 Å². The number of allylic oxidation sites excluding steroid dienone is 4. The minimum absolute atomic E-state index is 0. The summed E-state index contributed by atoms with van der Waals surface area (Å²) in [5, 5.41) is 0. The van der Waals surface area contributed by atoms with Crippen molar-refractivity contribution in [3.05, 3.63) is 29.7 Å². The Morgan fingerprint density at radius 2 is 1.57 bits per heavy atom. The molecule has 0 heterocycles. The summed E-state index contributed by atoms with van der Waals surface area (Å²) in [6.45, 7) is 4.50. The van der Waals surface area contributed by atoms with Crippen LogP contribution in [0.1, 0.15) is 52.4 Å². The van der Waals surface area contributed by atoms with E-state index in [0.29, 0.717) is 0 Å². The number of unbranched alkanes of at least 4 members (excludes halogenated alkanes) is 2. The molecule has 0 amide bonds. The Morgan fingerprint density at radius 3 is 2.21 bits per heavy atom. The van der Waals surface area contributed by atoms with Gasteiger partial charge in [-0.3, -0.25) is 0 Å². The van der Waals surface area contributed by atoms with Crippen molar-refractivity contribution in [1.82, 2.24) is 0 Å². The topological polar surface area (TPSA) is 0 Å². The molecule has 0 aliphatic heterocycles. The van der Waals surface area contributed by atoms with E-state index in [1.165, 1.54) is 50.0 Å². The molecule has 0 atom stereocenters. The summed E-state index contributed by atoms with van der Waals surface area (Å²) in [7, 11) is 0. The zero-order valence-electron chi connectivity index (χ0n) is 9.47. The van der Waals surface area contributed by atoms with E-state index in [0.717, 1.165) is 0 Å². The summed E-state index contributed by atoms with van der Waals surface area (Å²) in [4.78, 5) is 0. The number of hydrogen-bond acceptors (Lipinski definition) is 0. The predicted molar refractivity (Wildman–Crippen MR) is 59.5 cm³/mol. The first-order valence-electron chi connectivity index (χ1n) is 5.61. The first-order valence-corrected chi connectivity index (χ1v) is 5.61. The van der Waals surface area contributed by atoms with Crippen molar-refractivity contribution in [2.45, 2.75) is 52.4 Å². The maximum absolute atomic E-state index is 2.38. The van der Waals surface area contributed by atoms with E-state index >= 15 is 0 Å². The Hall–Kier alpha value is 0.363. The Kier molecular flexibility index (Phi) is 8.88. The van der Waals surface area contributed by atoms with Crippen LogP contribution in [0.15, 0.2) is 23.8 Å². The van der Waals surface area contributed by atoms with Gasteiger partial charge in [-0.15, -0.1) is 0 Å². The molecule has 1 rings (SSSR count). The summed E-state index contributed by atoms with van der Waals surface area (Å²) in [6, 6.07) is 0. The molecule has 14 heavy (non-hydrogen) atoms. The summed E-state index contributed by atoms with van der Waals surface area (Å²) in [5.74, 6) is 1.54. The minimum atomic E-state index is 0. The average molecular weight is 269 g/mol. The Morgan fingerprint density at radius 1 is 0.929 bits per heavy atom. The van der Waals surface area contributed by atoms with E-state index in [1.54, 1.807) is 0 Å². The van der Waals surface area contributed by atoms with Crippen molar-refractivity contribution < 1.29 is 26.2 Å². The Balaban J connectivity index is 0.00000169. The van der Waals surface area contributed by atoms with Crippen molar-refractivity contribution in [3.8, 4) is 0 Å². The van der Waals surface area contributed by atoms with Gasteiger partial charge in [-0.05, 0) is 19.3 Å². The average Bonchev–Trinajstić information content (AvgIpc) is 2.59. The zero-order valence-corrected chi connectivity index (χ0v) is 11.9. The third kappa shape index (κ3) is 5.30. The SMILES string of the molecule is CCCC[C]1C=CC(CCCC)=C1.[Zr]. The number of rotatable bonds is 6. The zero-order chi connectivity index (χ0) is 9.52. The summed E-state index contributed by atoms with van der Waals surface area (Å²) < 4.78 is 0. The maximum Gasteiger partial charge on any atom is 0.0196 e. The van der Waals surface area contributed by atoms with E-state index in [-0.39, 0.29) is 26.2 Å². The standard InChI is InChI=1S/C13H21.Zr/c1-3-5-7-12-9-10-13(11-12)8-6-4-2;/h9-11H,3-8H2,1-2H3;. The fraction of sp³-hybridized carbons (Fsp3) is 0.615. The van der Waals surface area contributed by atoms with Gasteiger partial charge in [0.25, 0.3) is 0 Å². The van der Waals surface area contributed by atoms with Crippen molar-refractivity contribution in [3.63, 3.8) is 0 Å². The van der Waals surface area contributed by atoms with Crippen LogP contribution in [-0.4, -0.2) is 0 Å². The molecule has 77 valence electrons. The molecule has 0 aromatic carbocycles. The summed E-state index contributed by atoms with van der Waals surface area (Å²) in [6.07, 6.45) is 14.8. The van der Waals surface area contributed by atoms with Gasteiger partial charge in [-0.1, -0.05) is 56.9 Å². The van der Waals surface area contributed by atoms with Crippen LogP contribution in [0.25, 0.3) is 0 Å². The van der Waals surface area contributed by atoms with Gasteiger partial charge in [0, 0.05) is 32.1 Å². The van der Waals surface area contributed by atoms with Crippen LogP contribution in [0.3, 0.4) is 0 Å². The summed E-state index contributed by atoms with van der Waals surface area (Å²) in [5.41, 5.74) is 1.54. The molecule has 0 saturated carbocycles. The molecule has 0 aromatic heterocycles. The smallest absolute Gasteiger partial charge is 0.0196 e. The normalized spacial score (nSPS) is 15.4. The van der Waals surface area contributed by atoms with Crippen LogP contribution in [-0.2, 0) is 26.2 Å². The van der Waals surface area contributed by atoms with E-state index in [2.05, 4.69) is 32.1 Å². The van der Waals surface area contributed by atoms with Gasteiger partial charge in [-0.2, -0.15) is 0 Å². The van der Waals surface area contributed by atoms with E-state index in [1.807, 2.05) is 0 Å². The van der Waals surface area contributed by atoms with Gasteiger partial charge < -0.3 is 0 Å². The van der Waals surface area contributed by atoms with Gasteiger partial charge in [0.2, 0.25) is 0 Å². The van der Waals surface area contributed by atoms with Crippen LogP contribution in [0.2, 0.25) is 0 Å². The summed E-state index contributed by atoms with van der Waals surface area (Å²) >= 11 is 0. The van der Waals surface area contributed by atoms with E-state index < -0.39 is 0 Å². The molecule has 0 nitrogen and oxygen atoms in total. The molecule has 1 radical (unpaired) electrons. The van der Waals surface area contributed by atoms with Crippen molar-refractivity contribution in [2.24, 2.45) is 0 Å². The third-order valence-electron chi connectivity index (χ3n) is 2.52. The second-order valence-electron chi connectivity index (χ2n) is 3.83. The Bertz CT molecular complexity index is 191. The molecule has 0 aromatic rings. The molecular formula is C13H21Zr.